The van der Waals surface area contributed by atoms with E-state index in [1.807, 2.05) is 0 Å². The van der Waals surface area contributed by atoms with E-state index in [9.17, 15) is 0 Å². The molecule has 1 saturated heterocycles. The molecule has 1 fully saturated rings. The van der Waals surface area contributed by atoms with Crippen LogP contribution in [-0.2, 0) is 0 Å². The standard InChI is InChI=1S/C14H30N2/c1-12-15(10-13(2,3)4)8-9-16(12)11-14(5,6)7/h12H,8-11H2,1-7H3. The zero-order valence-corrected chi connectivity index (χ0v) is 12.3. The normalized spacial score (nSPS) is 21.9. The molecule has 2 heteroatoms. The molecule has 0 saturated carbocycles. The third-order valence-corrected chi connectivity index (χ3v) is 3.09. The molecule has 16 heavy (non-hydrogen) atoms. The predicted molar refractivity (Wildman–Crippen MR) is 71.5 cm³/mol. The highest BCUT2D eigenvalue weighted by molar-refractivity contribution is 4.84. The highest BCUT2D eigenvalue weighted by Gasteiger charge is 2.32. The van der Waals surface area contributed by atoms with E-state index < -0.39 is 0 Å². The molecule has 0 amide bonds. The summed E-state index contributed by atoms with van der Waals surface area (Å²) in [6, 6.07) is 0. The first kappa shape index (κ1) is 14.0. The van der Waals surface area contributed by atoms with Crippen molar-refractivity contribution in [2.24, 2.45) is 10.8 Å². The van der Waals surface area contributed by atoms with Gasteiger partial charge in [0, 0.05) is 26.2 Å². The molecule has 2 nitrogen and oxygen atoms in total. The van der Waals surface area contributed by atoms with Gasteiger partial charge in [0.05, 0.1) is 6.17 Å². The summed E-state index contributed by atoms with van der Waals surface area (Å²) in [6.07, 6.45) is 0.610. The van der Waals surface area contributed by atoms with Crippen molar-refractivity contribution in [1.82, 2.24) is 9.80 Å². The van der Waals surface area contributed by atoms with Gasteiger partial charge >= 0.3 is 0 Å². The zero-order chi connectivity index (χ0) is 12.6. The van der Waals surface area contributed by atoms with Gasteiger partial charge in [-0.05, 0) is 17.8 Å². The van der Waals surface area contributed by atoms with Crippen molar-refractivity contribution in [3.63, 3.8) is 0 Å². The Hall–Kier alpha value is -0.0800. The van der Waals surface area contributed by atoms with Gasteiger partial charge in [0.15, 0.2) is 0 Å². The van der Waals surface area contributed by atoms with E-state index >= 15 is 0 Å². The van der Waals surface area contributed by atoms with Crippen LogP contribution < -0.4 is 0 Å². The Bertz CT molecular complexity index is 198. The number of rotatable bonds is 2. The molecule has 1 aliphatic heterocycles. The quantitative estimate of drug-likeness (QED) is 0.714. The molecule has 96 valence electrons. The van der Waals surface area contributed by atoms with E-state index in [0.29, 0.717) is 17.0 Å². The molecule has 0 radical (unpaired) electrons. The Kier molecular flexibility index (Phi) is 4.07. The molecule has 0 unspecified atom stereocenters. The van der Waals surface area contributed by atoms with Crippen molar-refractivity contribution in [3.8, 4) is 0 Å². The van der Waals surface area contributed by atoms with Crippen LogP contribution in [0.3, 0.4) is 0 Å². The summed E-state index contributed by atoms with van der Waals surface area (Å²) >= 11 is 0. The summed E-state index contributed by atoms with van der Waals surface area (Å²) in [4.78, 5) is 5.23. The van der Waals surface area contributed by atoms with Crippen LogP contribution in [0.5, 0.6) is 0 Å². The highest BCUT2D eigenvalue weighted by Crippen LogP contribution is 2.25. The van der Waals surface area contributed by atoms with Crippen LogP contribution in [-0.4, -0.2) is 42.1 Å². The fourth-order valence-electron chi connectivity index (χ4n) is 2.50. The van der Waals surface area contributed by atoms with Crippen LogP contribution in [0.2, 0.25) is 0 Å². The van der Waals surface area contributed by atoms with Crippen molar-refractivity contribution in [1.29, 1.82) is 0 Å². The molecule has 0 atom stereocenters. The Balaban J connectivity index is 2.51. The predicted octanol–water partition coefficient (Wildman–Crippen LogP) is 3.04. The van der Waals surface area contributed by atoms with Gasteiger partial charge in [-0.1, -0.05) is 41.5 Å². The van der Waals surface area contributed by atoms with E-state index in [-0.39, 0.29) is 0 Å². The second kappa shape index (κ2) is 4.66. The molecule has 1 heterocycles. The van der Waals surface area contributed by atoms with Gasteiger partial charge in [-0.15, -0.1) is 0 Å². The third-order valence-electron chi connectivity index (χ3n) is 3.09. The fraction of sp³-hybridized carbons (Fsp3) is 1.00. The van der Waals surface area contributed by atoms with Crippen LogP contribution in [0.4, 0.5) is 0 Å². The molecule has 0 aromatic rings. The van der Waals surface area contributed by atoms with Gasteiger partial charge in [0.1, 0.15) is 0 Å². The second-order valence-corrected chi connectivity index (χ2v) is 7.69. The average molecular weight is 226 g/mol. The molecular weight excluding hydrogens is 196 g/mol. The lowest BCUT2D eigenvalue weighted by Gasteiger charge is -2.34. The highest BCUT2D eigenvalue weighted by atomic mass is 15.4. The van der Waals surface area contributed by atoms with E-state index in [0.717, 1.165) is 0 Å². The molecule has 0 aromatic heterocycles. The van der Waals surface area contributed by atoms with Crippen molar-refractivity contribution in [2.75, 3.05) is 26.2 Å². The van der Waals surface area contributed by atoms with Gasteiger partial charge in [0.2, 0.25) is 0 Å². The maximum Gasteiger partial charge on any atom is 0.0594 e. The molecule has 0 N–H and O–H groups in total. The minimum absolute atomic E-state index is 0.409. The summed E-state index contributed by atoms with van der Waals surface area (Å²) in [5, 5.41) is 0. The van der Waals surface area contributed by atoms with Crippen molar-refractivity contribution in [2.45, 2.75) is 54.6 Å². The lowest BCUT2D eigenvalue weighted by atomic mass is 9.95. The smallest absolute Gasteiger partial charge is 0.0594 e. The first-order valence-corrected chi connectivity index (χ1v) is 6.57. The lowest BCUT2D eigenvalue weighted by Crippen LogP contribution is -2.42. The van der Waals surface area contributed by atoms with Gasteiger partial charge in [-0.3, -0.25) is 9.80 Å². The monoisotopic (exact) mass is 226 g/mol. The summed E-state index contributed by atoms with van der Waals surface area (Å²) in [6.45, 7) is 21.2. The average Bonchev–Trinajstić information content (AvgIpc) is 2.30. The molecule has 0 aliphatic carbocycles. The van der Waals surface area contributed by atoms with E-state index in [2.05, 4.69) is 58.3 Å². The minimum Gasteiger partial charge on any atom is -0.286 e. The summed E-state index contributed by atoms with van der Waals surface area (Å²) in [7, 11) is 0. The van der Waals surface area contributed by atoms with Crippen LogP contribution in [0.25, 0.3) is 0 Å². The summed E-state index contributed by atoms with van der Waals surface area (Å²) in [5.41, 5.74) is 0.817. The van der Waals surface area contributed by atoms with Crippen LogP contribution in [0.15, 0.2) is 0 Å². The fourth-order valence-corrected chi connectivity index (χ4v) is 2.50. The second-order valence-electron chi connectivity index (χ2n) is 7.69. The molecule has 0 aromatic carbocycles. The topological polar surface area (TPSA) is 6.48 Å². The van der Waals surface area contributed by atoms with Gasteiger partial charge < -0.3 is 0 Å². The summed E-state index contributed by atoms with van der Waals surface area (Å²) in [5.74, 6) is 0. The molecular formula is C14H30N2. The van der Waals surface area contributed by atoms with E-state index in [4.69, 9.17) is 0 Å². The zero-order valence-electron chi connectivity index (χ0n) is 12.3. The van der Waals surface area contributed by atoms with Crippen LogP contribution >= 0.6 is 0 Å². The van der Waals surface area contributed by atoms with Gasteiger partial charge in [0.25, 0.3) is 0 Å². The Labute approximate surface area is 102 Å². The largest absolute Gasteiger partial charge is 0.286 e. The number of hydrogen-bond acceptors (Lipinski definition) is 2. The Morgan fingerprint density at radius 2 is 1.12 bits per heavy atom. The Morgan fingerprint density at radius 3 is 1.38 bits per heavy atom. The summed E-state index contributed by atoms with van der Waals surface area (Å²) < 4.78 is 0. The number of nitrogens with zero attached hydrogens (tertiary/aromatic N) is 2. The first-order chi connectivity index (χ1) is 7.08. The molecule has 0 spiro atoms. The molecule has 1 rings (SSSR count). The first-order valence-electron chi connectivity index (χ1n) is 6.57. The van der Waals surface area contributed by atoms with Crippen molar-refractivity contribution < 1.29 is 0 Å². The molecule has 1 aliphatic rings. The maximum atomic E-state index is 2.62. The van der Waals surface area contributed by atoms with Crippen LogP contribution in [0.1, 0.15) is 48.5 Å². The third kappa shape index (κ3) is 4.42. The minimum atomic E-state index is 0.409. The lowest BCUT2D eigenvalue weighted by molar-refractivity contribution is 0.0945. The van der Waals surface area contributed by atoms with Crippen molar-refractivity contribution >= 4 is 0 Å². The Morgan fingerprint density at radius 1 is 0.812 bits per heavy atom. The van der Waals surface area contributed by atoms with Gasteiger partial charge in [-0.2, -0.15) is 0 Å². The maximum absolute atomic E-state index is 2.62. The van der Waals surface area contributed by atoms with E-state index in [1.54, 1.807) is 0 Å². The molecule has 0 bridgehead atoms. The van der Waals surface area contributed by atoms with E-state index in [1.165, 1.54) is 26.2 Å². The van der Waals surface area contributed by atoms with Gasteiger partial charge in [-0.25, -0.2) is 0 Å². The number of hydrogen-bond donors (Lipinski definition) is 0. The SMILES string of the molecule is CC1N(CC(C)(C)C)CCN1CC(C)(C)C. The van der Waals surface area contributed by atoms with Crippen molar-refractivity contribution in [3.05, 3.63) is 0 Å². The van der Waals surface area contributed by atoms with Crippen LogP contribution in [0, 0.1) is 10.8 Å².